The molecule has 1 aliphatic rings. The van der Waals surface area contributed by atoms with E-state index in [9.17, 15) is 0 Å². The van der Waals surface area contributed by atoms with Crippen LogP contribution < -0.4 is 15.8 Å². The Bertz CT molecular complexity index is 514. The molecule has 2 rings (SSSR count). The summed E-state index contributed by atoms with van der Waals surface area (Å²) < 4.78 is 5.70. The molecule has 4 N–H and O–H groups in total. The SMILES string of the molecule is COc1ccc(/C(N)=N/O)cc1CNCC1(C)CCCS1. The normalized spacial score (nSPS) is 22.5. The molecule has 1 fully saturated rings. The minimum Gasteiger partial charge on any atom is -0.496 e. The molecule has 0 bridgehead atoms. The van der Waals surface area contributed by atoms with Crippen molar-refractivity contribution in [1.29, 1.82) is 0 Å². The Hall–Kier alpha value is -1.40. The maximum absolute atomic E-state index is 8.77. The first kappa shape index (κ1) is 16.0. The second-order valence-corrected chi connectivity index (χ2v) is 7.20. The van der Waals surface area contributed by atoms with Crippen LogP contribution in [0.4, 0.5) is 0 Å². The van der Waals surface area contributed by atoms with Crippen LogP contribution >= 0.6 is 11.8 Å². The van der Waals surface area contributed by atoms with Gasteiger partial charge in [0.25, 0.3) is 0 Å². The molecule has 5 nitrogen and oxygen atoms in total. The topological polar surface area (TPSA) is 79.9 Å². The van der Waals surface area contributed by atoms with Gasteiger partial charge < -0.3 is 21.0 Å². The van der Waals surface area contributed by atoms with Gasteiger partial charge >= 0.3 is 0 Å². The molecule has 1 aliphatic heterocycles. The molecule has 6 heteroatoms. The highest BCUT2D eigenvalue weighted by atomic mass is 32.2. The molecule has 0 saturated carbocycles. The molecule has 0 aliphatic carbocycles. The van der Waals surface area contributed by atoms with Gasteiger partial charge in [0.05, 0.1) is 7.11 Å². The van der Waals surface area contributed by atoms with Crippen molar-refractivity contribution in [3.05, 3.63) is 29.3 Å². The number of hydrogen-bond donors (Lipinski definition) is 3. The maximum atomic E-state index is 8.77. The summed E-state index contributed by atoms with van der Waals surface area (Å²) in [6.45, 7) is 3.97. The largest absolute Gasteiger partial charge is 0.496 e. The molecule has 0 radical (unpaired) electrons. The lowest BCUT2D eigenvalue weighted by molar-refractivity contribution is 0.318. The number of hydrogen-bond acceptors (Lipinski definition) is 5. The molecule has 1 atom stereocenters. The molecule has 1 aromatic rings. The van der Waals surface area contributed by atoms with E-state index in [1.807, 2.05) is 23.9 Å². The van der Waals surface area contributed by atoms with Gasteiger partial charge in [0.15, 0.2) is 5.84 Å². The number of nitrogens with two attached hydrogens (primary N) is 1. The molecule has 21 heavy (non-hydrogen) atoms. The Kier molecular flexibility index (Phi) is 5.36. The van der Waals surface area contributed by atoms with Gasteiger partial charge in [0.2, 0.25) is 0 Å². The van der Waals surface area contributed by atoms with Crippen molar-refractivity contribution in [2.75, 3.05) is 19.4 Å². The summed E-state index contributed by atoms with van der Waals surface area (Å²) in [5, 5.41) is 15.3. The highest BCUT2D eigenvalue weighted by molar-refractivity contribution is 8.00. The molecule has 0 spiro atoms. The van der Waals surface area contributed by atoms with Gasteiger partial charge in [-0.25, -0.2) is 0 Å². The van der Waals surface area contributed by atoms with E-state index in [4.69, 9.17) is 15.7 Å². The van der Waals surface area contributed by atoms with Crippen molar-refractivity contribution < 1.29 is 9.94 Å². The molecule has 0 amide bonds. The molecular weight excluding hydrogens is 286 g/mol. The molecule has 1 aromatic carbocycles. The molecule has 116 valence electrons. The summed E-state index contributed by atoms with van der Waals surface area (Å²) in [7, 11) is 1.65. The average Bonchev–Trinajstić information content (AvgIpc) is 2.93. The van der Waals surface area contributed by atoms with Crippen molar-refractivity contribution in [2.24, 2.45) is 10.9 Å². The van der Waals surface area contributed by atoms with E-state index in [1.54, 1.807) is 13.2 Å². The first-order valence-electron chi connectivity index (χ1n) is 7.07. The third kappa shape index (κ3) is 4.04. The van der Waals surface area contributed by atoms with Crippen LogP contribution in [0.25, 0.3) is 0 Å². The molecule has 1 unspecified atom stereocenters. The van der Waals surface area contributed by atoms with Crippen LogP contribution in [0.5, 0.6) is 5.75 Å². The zero-order chi connectivity index (χ0) is 15.3. The van der Waals surface area contributed by atoms with Gasteiger partial charge in [-0.3, -0.25) is 0 Å². The van der Waals surface area contributed by atoms with Crippen LogP contribution in [0.3, 0.4) is 0 Å². The van der Waals surface area contributed by atoms with E-state index in [1.165, 1.54) is 18.6 Å². The van der Waals surface area contributed by atoms with Gasteiger partial charge in [0, 0.05) is 29.0 Å². The van der Waals surface area contributed by atoms with Crippen molar-refractivity contribution in [2.45, 2.75) is 31.1 Å². The van der Waals surface area contributed by atoms with E-state index >= 15 is 0 Å². The Labute approximate surface area is 129 Å². The Balaban J connectivity index is 2.03. The van der Waals surface area contributed by atoms with Crippen LogP contribution in [0.2, 0.25) is 0 Å². The van der Waals surface area contributed by atoms with Crippen LogP contribution in [-0.4, -0.2) is 35.2 Å². The van der Waals surface area contributed by atoms with E-state index in [2.05, 4.69) is 17.4 Å². The Morgan fingerprint density at radius 3 is 3.00 bits per heavy atom. The lowest BCUT2D eigenvalue weighted by Crippen LogP contribution is -2.32. The molecule has 1 saturated heterocycles. The number of benzene rings is 1. The van der Waals surface area contributed by atoms with E-state index in [-0.39, 0.29) is 5.84 Å². The zero-order valence-electron chi connectivity index (χ0n) is 12.6. The van der Waals surface area contributed by atoms with Gasteiger partial charge in [-0.15, -0.1) is 0 Å². The van der Waals surface area contributed by atoms with Gasteiger partial charge in [-0.05, 0) is 43.7 Å². The Morgan fingerprint density at radius 1 is 1.57 bits per heavy atom. The number of nitrogens with one attached hydrogen (secondary N) is 1. The van der Waals surface area contributed by atoms with Gasteiger partial charge in [-0.1, -0.05) is 5.16 Å². The fourth-order valence-corrected chi connectivity index (χ4v) is 3.85. The van der Waals surface area contributed by atoms with Crippen molar-refractivity contribution >= 4 is 17.6 Å². The van der Waals surface area contributed by atoms with Gasteiger partial charge in [0.1, 0.15) is 5.75 Å². The quantitative estimate of drug-likeness (QED) is 0.325. The monoisotopic (exact) mass is 309 g/mol. The van der Waals surface area contributed by atoms with Crippen molar-refractivity contribution in [3.63, 3.8) is 0 Å². The molecule has 0 aromatic heterocycles. The van der Waals surface area contributed by atoms with Crippen LogP contribution in [0.1, 0.15) is 30.9 Å². The lowest BCUT2D eigenvalue weighted by Gasteiger charge is -2.23. The summed E-state index contributed by atoms with van der Waals surface area (Å²) in [6.07, 6.45) is 2.55. The fraction of sp³-hybridized carbons (Fsp3) is 0.533. The number of rotatable bonds is 6. The minimum absolute atomic E-state index is 0.109. The summed E-state index contributed by atoms with van der Waals surface area (Å²) in [5.74, 6) is 2.17. The van der Waals surface area contributed by atoms with Crippen molar-refractivity contribution in [3.8, 4) is 5.75 Å². The maximum Gasteiger partial charge on any atom is 0.170 e. The summed E-state index contributed by atoms with van der Waals surface area (Å²) in [4.78, 5) is 0. The summed E-state index contributed by atoms with van der Waals surface area (Å²) in [5.41, 5.74) is 7.34. The fourth-order valence-electron chi connectivity index (χ4n) is 2.57. The van der Waals surface area contributed by atoms with E-state index in [0.717, 1.165) is 17.9 Å². The van der Waals surface area contributed by atoms with Crippen LogP contribution in [-0.2, 0) is 6.54 Å². The zero-order valence-corrected chi connectivity index (χ0v) is 13.4. The van der Waals surface area contributed by atoms with Crippen LogP contribution in [0.15, 0.2) is 23.4 Å². The summed E-state index contributed by atoms with van der Waals surface area (Å²) in [6, 6.07) is 5.52. The van der Waals surface area contributed by atoms with Crippen molar-refractivity contribution in [1.82, 2.24) is 5.32 Å². The Morgan fingerprint density at radius 2 is 2.38 bits per heavy atom. The predicted molar refractivity (Wildman–Crippen MR) is 87.3 cm³/mol. The number of methoxy groups -OCH3 is 1. The highest BCUT2D eigenvalue weighted by Crippen LogP contribution is 2.37. The number of oxime groups is 1. The third-order valence-corrected chi connectivity index (χ3v) is 5.34. The second kappa shape index (κ2) is 7.04. The first-order valence-corrected chi connectivity index (χ1v) is 8.06. The number of amidine groups is 1. The molecular formula is C15H23N3O2S. The number of ether oxygens (including phenoxy) is 1. The lowest BCUT2D eigenvalue weighted by atomic mass is 10.1. The third-order valence-electron chi connectivity index (χ3n) is 3.80. The predicted octanol–water partition coefficient (Wildman–Crippen LogP) is 2.17. The molecule has 1 heterocycles. The smallest absolute Gasteiger partial charge is 0.170 e. The highest BCUT2D eigenvalue weighted by Gasteiger charge is 2.28. The summed E-state index contributed by atoms with van der Waals surface area (Å²) >= 11 is 2.04. The first-order chi connectivity index (χ1) is 10.1. The second-order valence-electron chi connectivity index (χ2n) is 5.52. The van der Waals surface area contributed by atoms with Crippen LogP contribution in [0, 0.1) is 0 Å². The van der Waals surface area contributed by atoms with Gasteiger partial charge in [-0.2, -0.15) is 11.8 Å². The standard InChI is InChI=1S/C15H23N3O2S/c1-15(6-3-7-21-15)10-17-9-12-8-11(14(16)18-19)4-5-13(12)20-2/h4-5,8,17,19H,3,6-7,9-10H2,1-2H3,(H2,16,18). The van der Waals surface area contributed by atoms with E-state index in [0.29, 0.717) is 16.9 Å². The minimum atomic E-state index is 0.109. The average molecular weight is 309 g/mol. The number of nitrogens with zero attached hydrogens (tertiary/aromatic N) is 1. The van der Waals surface area contributed by atoms with E-state index < -0.39 is 0 Å². The number of thioether (sulfide) groups is 1.